The Kier molecular flexibility index (Phi) is 3.94. The zero-order chi connectivity index (χ0) is 13.0. The van der Waals surface area contributed by atoms with E-state index in [0.717, 1.165) is 0 Å². The van der Waals surface area contributed by atoms with Gasteiger partial charge in [-0.1, -0.05) is 0 Å². The number of nitriles is 1. The maximum absolute atomic E-state index is 11.6. The second kappa shape index (κ2) is 5.21. The number of hydrogen-bond acceptors (Lipinski definition) is 4. The summed E-state index contributed by atoms with van der Waals surface area (Å²) < 4.78 is 5.43. The highest BCUT2D eigenvalue weighted by molar-refractivity contribution is 6.01. The maximum atomic E-state index is 11.6. The molecule has 17 heavy (non-hydrogen) atoms. The van der Waals surface area contributed by atoms with Crippen LogP contribution in [0.4, 0.5) is 5.88 Å². The van der Waals surface area contributed by atoms with Crippen LogP contribution in [0, 0.1) is 11.3 Å². The Labute approximate surface area is 101 Å². The van der Waals surface area contributed by atoms with Crippen molar-refractivity contribution in [3.8, 4) is 6.07 Å². The van der Waals surface area contributed by atoms with E-state index >= 15 is 0 Å². The Morgan fingerprint density at radius 1 is 1.35 bits per heavy atom. The second-order valence-electron chi connectivity index (χ2n) is 3.94. The molecule has 1 aromatic heterocycles. The summed E-state index contributed by atoms with van der Waals surface area (Å²) in [7, 11) is 6.90. The Hall–Kier alpha value is -2.22. The molecule has 5 nitrogen and oxygen atoms in total. The molecule has 1 heterocycles. The molecule has 0 aromatic carbocycles. The van der Waals surface area contributed by atoms with E-state index in [2.05, 4.69) is 0 Å². The molecule has 0 spiro atoms. The van der Waals surface area contributed by atoms with E-state index < -0.39 is 0 Å². The smallest absolute Gasteiger partial charge is 0.264 e. The van der Waals surface area contributed by atoms with E-state index in [0.29, 0.717) is 11.6 Å². The highest BCUT2D eigenvalue weighted by Gasteiger charge is 2.12. The Bertz CT molecular complexity index is 478. The molecule has 5 heteroatoms. The van der Waals surface area contributed by atoms with Crippen molar-refractivity contribution in [1.29, 1.82) is 5.26 Å². The summed E-state index contributed by atoms with van der Waals surface area (Å²) >= 11 is 0. The van der Waals surface area contributed by atoms with Crippen LogP contribution in [-0.4, -0.2) is 39.0 Å². The highest BCUT2D eigenvalue weighted by atomic mass is 16.4. The van der Waals surface area contributed by atoms with Gasteiger partial charge in [0.25, 0.3) is 5.91 Å². The summed E-state index contributed by atoms with van der Waals surface area (Å²) in [6.07, 6.45) is 1.44. The fourth-order valence-electron chi connectivity index (χ4n) is 1.19. The Morgan fingerprint density at radius 3 is 2.41 bits per heavy atom. The third-order valence-electron chi connectivity index (χ3n) is 2.10. The van der Waals surface area contributed by atoms with Crippen LogP contribution in [0.3, 0.4) is 0 Å². The molecule has 0 atom stereocenters. The minimum Gasteiger partial charge on any atom is -0.441 e. The van der Waals surface area contributed by atoms with Crippen LogP contribution in [-0.2, 0) is 4.79 Å². The number of furan rings is 1. The zero-order valence-corrected chi connectivity index (χ0v) is 10.4. The average Bonchev–Trinajstić information content (AvgIpc) is 2.73. The van der Waals surface area contributed by atoms with Gasteiger partial charge in [0.05, 0.1) is 0 Å². The van der Waals surface area contributed by atoms with Gasteiger partial charge in [0.2, 0.25) is 0 Å². The molecule has 0 aliphatic carbocycles. The fourth-order valence-corrected chi connectivity index (χ4v) is 1.19. The van der Waals surface area contributed by atoms with Crippen LogP contribution in [0.15, 0.2) is 22.1 Å². The highest BCUT2D eigenvalue weighted by Crippen LogP contribution is 2.18. The molecule has 0 bridgehead atoms. The van der Waals surface area contributed by atoms with Crippen LogP contribution in [0.5, 0.6) is 0 Å². The molecule has 0 saturated heterocycles. The first kappa shape index (κ1) is 12.8. The van der Waals surface area contributed by atoms with Gasteiger partial charge in [-0.3, -0.25) is 4.79 Å². The summed E-state index contributed by atoms with van der Waals surface area (Å²) in [5, 5.41) is 8.90. The molecule has 1 amide bonds. The molecule has 0 radical (unpaired) electrons. The van der Waals surface area contributed by atoms with Crippen molar-refractivity contribution in [3.05, 3.63) is 23.5 Å². The maximum Gasteiger partial charge on any atom is 0.264 e. The molecule has 0 N–H and O–H groups in total. The Morgan fingerprint density at radius 2 is 2.00 bits per heavy atom. The predicted octanol–water partition coefficient (Wildman–Crippen LogP) is 1.34. The number of amides is 1. The van der Waals surface area contributed by atoms with Crippen LogP contribution in [0.25, 0.3) is 6.08 Å². The van der Waals surface area contributed by atoms with Gasteiger partial charge in [-0.15, -0.1) is 0 Å². The molecule has 1 rings (SSSR count). The summed E-state index contributed by atoms with van der Waals surface area (Å²) in [4.78, 5) is 14.8. The molecule has 0 saturated carbocycles. The minimum atomic E-state index is -0.338. The van der Waals surface area contributed by atoms with Crippen LogP contribution >= 0.6 is 0 Å². The molecular formula is C12H15N3O2. The van der Waals surface area contributed by atoms with E-state index in [4.69, 9.17) is 9.68 Å². The molecule has 0 aliphatic heterocycles. The van der Waals surface area contributed by atoms with Crippen LogP contribution < -0.4 is 4.90 Å². The van der Waals surface area contributed by atoms with Gasteiger partial charge in [0.1, 0.15) is 17.4 Å². The van der Waals surface area contributed by atoms with E-state index in [-0.39, 0.29) is 11.5 Å². The monoisotopic (exact) mass is 233 g/mol. The van der Waals surface area contributed by atoms with Crippen molar-refractivity contribution < 1.29 is 9.21 Å². The van der Waals surface area contributed by atoms with Crippen molar-refractivity contribution in [1.82, 2.24) is 4.90 Å². The van der Waals surface area contributed by atoms with E-state index in [1.807, 2.05) is 20.2 Å². The standard InChI is InChI=1S/C12H15N3O2/c1-14(2)11-6-5-10(17-11)7-9(8-13)12(16)15(3)4/h5-7H,1-4H3/b9-7-. The number of hydrogen-bond donors (Lipinski definition) is 0. The summed E-state index contributed by atoms with van der Waals surface area (Å²) in [6, 6.07) is 5.36. The normalized spacial score (nSPS) is 10.9. The quantitative estimate of drug-likeness (QED) is 0.584. The predicted molar refractivity (Wildman–Crippen MR) is 65.3 cm³/mol. The number of carbonyl (C=O) groups excluding carboxylic acids is 1. The van der Waals surface area contributed by atoms with Crippen LogP contribution in [0.1, 0.15) is 5.76 Å². The van der Waals surface area contributed by atoms with Crippen molar-refractivity contribution in [2.24, 2.45) is 0 Å². The first-order valence-corrected chi connectivity index (χ1v) is 5.06. The number of likely N-dealkylation sites (N-methyl/N-ethyl adjacent to an activating group) is 1. The van der Waals surface area contributed by atoms with Gasteiger partial charge < -0.3 is 14.2 Å². The molecular weight excluding hydrogens is 218 g/mol. The molecule has 0 unspecified atom stereocenters. The number of carbonyl (C=O) groups is 1. The largest absolute Gasteiger partial charge is 0.441 e. The van der Waals surface area contributed by atoms with Crippen LogP contribution in [0.2, 0.25) is 0 Å². The fraction of sp³-hybridized carbons (Fsp3) is 0.333. The average molecular weight is 233 g/mol. The first-order chi connectivity index (χ1) is 7.95. The van der Waals surface area contributed by atoms with Crippen molar-refractivity contribution in [2.75, 3.05) is 33.1 Å². The van der Waals surface area contributed by atoms with Gasteiger partial charge in [-0.25, -0.2) is 0 Å². The number of nitrogens with zero attached hydrogens (tertiary/aromatic N) is 3. The zero-order valence-electron chi connectivity index (χ0n) is 10.4. The topological polar surface area (TPSA) is 60.5 Å². The summed E-state index contributed by atoms with van der Waals surface area (Å²) in [5.41, 5.74) is 0.0506. The number of anilines is 1. The number of rotatable bonds is 3. The molecule has 90 valence electrons. The van der Waals surface area contributed by atoms with E-state index in [9.17, 15) is 4.79 Å². The van der Waals surface area contributed by atoms with Gasteiger partial charge in [-0.05, 0) is 6.07 Å². The second-order valence-corrected chi connectivity index (χ2v) is 3.94. The lowest BCUT2D eigenvalue weighted by Crippen LogP contribution is -2.22. The lowest BCUT2D eigenvalue weighted by molar-refractivity contribution is -0.124. The van der Waals surface area contributed by atoms with Crippen molar-refractivity contribution in [2.45, 2.75) is 0 Å². The van der Waals surface area contributed by atoms with E-state index in [1.165, 1.54) is 11.0 Å². The molecule has 1 aromatic rings. The lowest BCUT2D eigenvalue weighted by Gasteiger charge is -2.08. The van der Waals surface area contributed by atoms with Gasteiger partial charge in [0, 0.05) is 40.3 Å². The van der Waals surface area contributed by atoms with Gasteiger partial charge in [-0.2, -0.15) is 5.26 Å². The lowest BCUT2D eigenvalue weighted by atomic mass is 10.2. The van der Waals surface area contributed by atoms with Gasteiger partial charge >= 0.3 is 0 Å². The molecule has 0 aliphatic rings. The summed E-state index contributed by atoms with van der Waals surface area (Å²) in [6.45, 7) is 0. The third kappa shape index (κ3) is 3.11. The first-order valence-electron chi connectivity index (χ1n) is 5.06. The Balaban J connectivity index is 3.00. The van der Waals surface area contributed by atoms with E-state index in [1.54, 1.807) is 31.1 Å². The minimum absolute atomic E-state index is 0.0506. The van der Waals surface area contributed by atoms with Crippen molar-refractivity contribution >= 4 is 17.9 Å². The third-order valence-corrected chi connectivity index (χ3v) is 2.10. The summed E-state index contributed by atoms with van der Waals surface area (Å²) in [5.74, 6) is 0.821. The van der Waals surface area contributed by atoms with Gasteiger partial charge in [0.15, 0.2) is 5.88 Å². The molecule has 0 fully saturated rings. The SMILES string of the molecule is CN(C)C(=O)/C(C#N)=C\c1ccc(N(C)C)o1. The van der Waals surface area contributed by atoms with Crippen molar-refractivity contribution in [3.63, 3.8) is 0 Å².